The highest BCUT2D eigenvalue weighted by Gasteiger charge is 2.20. The SMILES string of the molecule is CC(=O)OCCC1=CC=C[C@H](O)[C@@H]1O. The number of aliphatic hydroxyl groups is 2. The first-order chi connectivity index (χ1) is 6.61. The molecule has 4 nitrogen and oxygen atoms in total. The molecule has 14 heavy (non-hydrogen) atoms. The molecule has 0 aromatic rings. The molecule has 0 bridgehead atoms. The average Bonchev–Trinajstić information content (AvgIpc) is 2.12. The van der Waals surface area contributed by atoms with Crippen LogP contribution < -0.4 is 0 Å². The van der Waals surface area contributed by atoms with Crippen LogP contribution in [0.15, 0.2) is 23.8 Å². The molecule has 78 valence electrons. The lowest BCUT2D eigenvalue weighted by molar-refractivity contribution is -0.140. The second-order valence-electron chi connectivity index (χ2n) is 3.15. The van der Waals surface area contributed by atoms with E-state index in [1.54, 1.807) is 12.2 Å². The Bertz CT molecular complexity index is 267. The van der Waals surface area contributed by atoms with E-state index in [4.69, 9.17) is 4.74 Å². The Labute approximate surface area is 82.5 Å². The Hall–Kier alpha value is -1.13. The zero-order valence-corrected chi connectivity index (χ0v) is 8.01. The van der Waals surface area contributed by atoms with Gasteiger partial charge < -0.3 is 14.9 Å². The Morgan fingerprint density at radius 3 is 2.93 bits per heavy atom. The average molecular weight is 198 g/mol. The van der Waals surface area contributed by atoms with Crippen LogP contribution in [0, 0.1) is 0 Å². The molecule has 1 rings (SSSR count). The molecule has 0 aromatic carbocycles. The predicted octanol–water partition coefficient (Wildman–Crippen LogP) is 0.158. The van der Waals surface area contributed by atoms with Crippen LogP contribution in [0.1, 0.15) is 13.3 Å². The molecular weight excluding hydrogens is 184 g/mol. The molecule has 0 unspecified atom stereocenters. The molecule has 0 saturated carbocycles. The maximum Gasteiger partial charge on any atom is 0.302 e. The fourth-order valence-electron chi connectivity index (χ4n) is 1.26. The van der Waals surface area contributed by atoms with Gasteiger partial charge in [0.1, 0.15) is 12.2 Å². The smallest absolute Gasteiger partial charge is 0.302 e. The van der Waals surface area contributed by atoms with Crippen molar-refractivity contribution in [1.82, 2.24) is 0 Å². The largest absolute Gasteiger partial charge is 0.466 e. The molecule has 1 aliphatic carbocycles. The standard InChI is InChI=1S/C10H14O4/c1-7(11)14-6-5-8-3-2-4-9(12)10(8)13/h2-4,9-10,12-13H,5-6H2,1H3/t9-,10+/m0/s1. The normalized spacial score (nSPS) is 25.8. The summed E-state index contributed by atoms with van der Waals surface area (Å²) in [5.74, 6) is -0.341. The summed E-state index contributed by atoms with van der Waals surface area (Å²) in [7, 11) is 0. The first-order valence-electron chi connectivity index (χ1n) is 4.48. The number of hydrogen-bond donors (Lipinski definition) is 2. The van der Waals surface area contributed by atoms with Crippen LogP contribution in [0.2, 0.25) is 0 Å². The van der Waals surface area contributed by atoms with E-state index in [9.17, 15) is 15.0 Å². The van der Waals surface area contributed by atoms with Gasteiger partial charge in [0.15, 0.2) is 0 Å². The van der Waals surface area contributed by atoms with E-state index in [1.807, 2.05) is 0 Å². The van der Waals surface area contributed by atoms with E-state index in [-0.39, 0.29) is 12.6 Å². The Morgan fingerprint density at radius 2 is 2.29 bits per heavy atom. The first kappa shape index (κ1) is 10.9. The summed E-state index contributed by atoms with van der Waals surface area (Å²) < 4.78 is 4.73. The van der Waals surface area contributed by atoms with Gasteiger partial charge in [0, 0.05) is 13.3 Å². The molecule has 0 aromatic heterocycles. The number of rotatable bonds is 3. The van der Waals surface area contributed by atoms with Crippen LogP contribution in [-0.2, 0) is 9.53 Å². The second-order valence-corrected chi connectivity index (χ2v) is 3.15. The summed E-state index contributed by atoms with van der Waals surface area (Å²) in [6.07, 6.45) is 3.63. The number of esters is 1. The maximum atomic E-state index is 10.5. The van der Waals surface area contributed by atoms with Crippen molar-refractivity contribution >= 4 is 5.97 Å². The highest BCUT2D eigenvalue weighted by Crippen LogP contribution is 2.16. The lowest BCUT2D eigenvalue weighted by Gasteiger charge is -2.20. The minimum Gasteiger partial charge on any atom is -0.466 e. The zero-order valence-electron chi connectivity index (χ0n) is 8.01. The molecule has 2 N–H and O–H groups in total. The van der Waals surface area contributed by atoms with Crippen LogP contribution in [0.5, 0.6) is 0 Å². The van der Waals surface area contributed by atoms with Crippen molar-refractivity contribution in [2.45, 2.75) is 25.6 Å². The monoisotopic (exact) mass is 198 g/mol. The zero-order chi connectivity index (χ0) is 10.6. The summed E-state index contributed by atoms with van der Waals surface area (Å²) in [5, 5.41) is 18.8. The van der Waals surface area contributed by atoms with E-state index in [0.717, 1.165) is 0 Å². The Balaban J connectivity index is 2.40. The molecule has 0 spiro atoms. The van der Waals surface area contributed by atoms with Gasteiger partial charge in [-0.25, -0.2) is 0 Å². The van der Waals surface area contributed by atoms with E-state index >= 15 is 0 Å². The molecule has 4 heteroatoms. The molecule has 0 radical (unpaired) electrons. The van der Waals surface area contributed by atoms with Crippen molar-refractivity contribution in [2.24, 2.45) is 0 Å². The van der Waals surface area contributed by atoms with Gasteiger partial charge in [0.25, 0.3) is 0 Å². The molecular formula is C10H14O4. The molecule has 0 amide bonds. The van der Waals surface area contributed by atoms with Crippen LogP contribution in [-0.4, -0.2) is 35.0 Å². The van der Waals surface area contributed by atoms with Crippen LogP contribution >= 0.6 is 0 Å². The van der Waals surface area contributed by atoms with Gasteiger partial charge in [0.2, 0.25) is 0 Å². The second kappa shape index (κ2) is 4.93. The fraction of sp³-hybridized carbons (Fsp3) is 0.500. The minimum atomic E-state index is -0.879. The first-order valence-corrected chi connectivity index (χ1v) is 4.48. The van der Waals surface area contributed by atoms with Crippen LogP contribution in [0.4, 0.5) is 0 Å². The third-order valence-corrected chi connectivity index (χ3v) is 2.02. The number of hydrogen-bond acceptors (Lipinski definition) is 4. The van der Waals surface area contributed by atoms with Gasteiger partial charge in [0.05, 0.1) is 6.61 Å². The summed E-state index contributed by atoms with van der Waals surface area (Å²) in [6, 6.07) is 0. The van der Waals surface area contributed by atoms with Gasteiger partial charge in [-0.05, 0) is 5.57 Å². The highest BCUT2D eigenvalue weighted by molar-refractivity contribution is 5.65. The molecule has 0 aliphatic heterocycles. The summed E-state index contributed by atoms with van der Waals surface area (Å²) >= 11 is 0. The Kier molecular flexibility index (Phi) is 3.85. The summed E-state index contributed by atoms with van der Waals surface area (Å²) in [5.41, 5.74) is 0.682. The quantitative estimate of drug-likeness (QED) is 0.634. The topological polar surface area (TPSA) is 66.8 Å². The number of carbonyl (C=O) groups is 1. The summed E-state index contributed by atoms with van der Waals surface area (Å²) in [4.78, 5) is 10.5. The van der Waals surface area contributed by atoms with E-state index < -0.39 is 12.2 Å². The fourth-order valence-corrected chi connectivity index (χ4v) is 1.26. The van der Waals surface area contributed by atoms with Gasteiger partial charge >= 0.3 is 5.97 Å². The molecule has 1 aliphatic rings. The highest BCUT2D eigenvalue weighted by atomic mass is 16.5. The number of allylic oxidation sites excluding steroid dienone is 2. The third kappa shape index (κ3) is 2.97. The molecule has 0 heterocycles. The van der Waals surface area contributed by atoms with Crippen molar-refractivity contribution in [1.29, 1.82) is 0 Å². The molecule has 0 saturated heterocycles. The third-order valence-electron chi connectivity index (χ3n) is 2.02. The van der Waals surface area contributed by atoms with Crippen molar-refractivity contribution in [3.63, 3.8) is 0 Å². The number of aliphatic hydroxyl groups excluding tert-OH is 2. The molecule has 2 atom stereocenters. The van der Waals surface area contributed by atoms with Crippen LogP contribution in [0.3, 0.4) is 0 Å². The van der Waals surface area contributed by atoms with E-state index in [2.05, 4.69) is 0 Å². The predicted molar refractivity (Wildman–Crippen MR) is 50.5 cm³/mol. The lowest BCUT2D eigenvalue weighted by atomic mass is 9.97. The number of carbonyl (C=O) groups excluding carboxylic acids is 1. The van der Waals surface area contributed by atoms with E-state index in [0.29, 0.717) is 12.0 Å². The van der Waals surface area contributed by atoms with Gasteiger partial charge in [-0.15, -0.1) is 0 Å². The van der Waals surface area contributed by atoms with E-state index in [1.165, 1.54) is 13.0 Å². The number of ether oxygens (including phenoxy) is 1. The van der Waals surface area contributed by atoms with Crippen LogP contribution in [0.25, 0.3) is 0 Å². The van der Waals surface area contributed by atoms with Crippen molar-refractivity contribution in [2.75, 3.05) is 6.61 Å². The lowest BCUT2D eigenvalue weighted by Crippen LogP contribution is -2.28. The van der Waals surface area contributed by atoms with Gasteiger partial charge in [-0.2, -0.15) is 0 Å². The van der Waals surface area contributed by atoms with Crippen molar-refractivity contribution < 1.29 is 19.7 Å². The summed E-state index contributed by atoms with van der Waals surface area (Å²) in [6.45, 7) is 1.57. The van der Waals surface area contributed by atoms with Crippen molar-refractivity contribution in [3.8, 4) is 0 Å². The molecule has 0 fully saturated rings. The van der Waals surface area contributed by atoms with Gasteiger partial charge in [-0.3, -0.25) is 4.79 Å². The Morgan fingerprint density at radius 1 is 1.57 bits per heavy atom. The van der Waals surface area contributed by atoms with Gasteiger partial charge in [-0.1, -0.05) is 18.2 Å². The van der Waals surface area contributed by atoms with Crippen molar-refractivity contribution in [3.05, 3.63) is 23.8 Å². The maximum absolute atomic E-state index is 10.5. The minimum absolute atomic E-state index is 0.235.